The number of rotatable bonds is 8. The van der Waals surface area contributed by atoms with E-state index in [4.69, 9.17) is 0 Å². The van der Waals surface area contributed by atoms with Crippen LogP contribution in [0.4, 0.5) is 0 Å². The molecule has 1 heterocycles. The zero-order chi connectivity index (χ0) is 14.2. The molecule has 0 saturated carbocycles. The zero-order valence-electron chi connectivity index (χ0n) is 13.1. The average Bonchev–Trinajstić information content (AvgIpc) is 2.97. The standard InChI is InChI=1S/C17H29N3/c1-18-10-9-16-7-3-4-8-17(16)15-19(2)13-14-20-11-5-6-12-20/h3-4,7-8,18H,5-6,9-15H2,1-2H3. The normalized spacial score (nSPS) is 16.1. The largest absolute Gasteiger partial charge is 0.319 e. The van der Waals surface area contributed by atoms with Gasteiger partial charge in [0.25, 0.3) is 0 Å². The van der Waals surface area contributed by atoms with Gasteiger partial charge in [-0.2, -0.15) is 0 Å². The van der Waals surface area contributed by atoms with Gasteiger partial charge in [0.1, 0.15) is 0 Å². The third-order valence-corrected chi connectivity index (χ3v) is 4.20. The molecule has 0 atom stereocenters. The molecule has 0 bridgehead atoms. The van der Waals surface area contributed by atoms with E-state index in [9.17, 15) is 0 Å². The smallest absolute Gasteiger partial charge is 0.0233 e. The van der Waals surface area contributed by atoms with Crippen LogP contribution in [0.1, 0.15) is 24.0 Å². The van der Waals surface area contributed by atoms with Gasteiger partial charge in [0.05, 0.1) is 0 Å². The van der Waals surface area contributed by atoms with Gasteiger partial charge in [0, 0.05) is 19.6 Å². The SMILES string of the molecule is CNCCc1ccccc1CN(C)CCN1CCCC1. The van der Waals surface area contributed by atoms with E-state index < -0.39 is 0 Å². The Morgan fingerprint density at radius 3 is 2.55 bits per heavy atom. The van der Waals surface area contributed by atoms with E-state index in [-0.39, 0.29) is 0 Å². The fourth-order valence-corrected chi connectivity index (χ4v) is 2.90. The van der Waals surface area contributed by atoms with Crippen molar-refractivity contribution < 1.29 is 0 Å². The molecule has 3 heteroatoms. The van der Waals surface area contributed by atoms with Crippen molar-refractivity contribution >= 4 is 0 Å². The summed E-state index contributed by atoms with van der Waals surface area (Å²) in [4.78, 5) is 5.04. The fraction of sp³-hybridized carbons (Fsp3) is 0.647. The van der Waals surface area contributed by atoms with Crippen LogP contribution >= 0.6 is 0 Å². The fourth-order valence-electron chi connectivity index (χ4n) is 2.90. The van der Waals surface area contributed by atoms with Crippen molar-refractivity contribution in [2.24, 2.45) is 0 Å². The molecule has 0 amide bonds. The van der Waals surface area contributed by atoms with Crippen LogP contribution in [0.5, 0.6) is 0 Å². The van der Waals surface area contributed by atoms with Crippen LogP contribution in [-0.2, 0) is 13.0 Å². The van der Waals surface area contributed by atoms with Crippen molar-refractivity contribution in [2.75, 3.05) is 46.8 Å². The first kappa shape index (κ1) is 15.5. The van der Waals surface area contributed by atoms with Crippen molar-refractivity contribution in [3.8, 4) is 0 Å². The summed E-state index contributed by atoms with van der Waals surface area (Å²) in [6.07, 6.45) is 3.89. The summed E-state index contributed by atoms with van der Waals surface area (Å²) >= 11 is 0. The highest BCUT2D eigenvalue weighted by Crippen LogP contribution is 2.12. The highest BCUT2D eigenvalue weighted by molar-refractivity contribution is 5.27. The summed E-state index contributed by atoms with van der Waals surface area (Å²) in [5, 5.41) is 3.24. The minimum atomic E-state index is 1.05. The summed E-state index contributed by atoms with van der Waals surface area (Å²) in [5.74, 6) is 0. The number of likely N-dealkylation sites (N-methyl/N-ethyl adjacent to an activating group) is 2. The molecule has 1 aromatic rings. The molecule has 1 saturated heterocycles. The van der Waals surface area contributed by atoms with Gasteiger partial charge in [-0.15, -0.1) is 0 Å². The van der Waals surface area contributed by atoms with Crippen LogP contribution < -0.4 is 5.32 Å². The molecule has 112 valence electrons. The third-order valence-electron chi connectivity index (χ3n) is 4.20. The Bertz CT molecular complexity index is 386. The lowest BCUT2D eigenvalue weighted by Gasteiger charge is -2.22. The van der Waals surface area contributed by atoms with Crippen molar-refractivity contribution in [1.29, 1.82) is 0 Å². The molecule has 1 aromatic carbocycles. The number of nitrogens with one attached hydrogen (secondary N) is 1. The molecule has 0 aromatic heterocycles. The van der Waals surface area contributed by atoms with Crippen LogP contribution in [0.3, 0.4) is 0 Å². The lowest BCUT2D eigenvalue weighted by molar-refractivity contribution is 0.252. The van der Waals surface area contributed by atoms with Gasteiger partial charge in [-0.3, -0.25) is 0 Å². The molecule has 1 aliphatic heterocycles. The second kappa shape index (κ2) is 8.40. The lowest BCUT2D eigenvalue weighted by Crippen LogP contribution is -2.31. The molecule has 0 unspecified atom stereocenters. The van der Waals surface area contributed by atoms with Crippen molar-refractivity contribution in [3.05, 3.63) is 35.4 Å². The van der Waals surface area contributed by atoms with Gasteiger partial charge in [-0.1, -0.05) is 24.3 Å². The molecule has 0 aliphatic carbocycles. The van der Waals surface area contributed by atoms with E-state index in [1.165, 1.54) is 50.1 Å². The molecule has 1 aliphatic rings. The second-order valence-electron chi connectivity index (χ2n) is 5.91. The molecular weight excluding hydrogens is 246 g/mol. The molecular formula is C17H29N3. The quantitative estimate of drug-likeness (QED) is 0.782. The minimum absolute atomic E-state index is 1.05. The Morgan fingerprint density at radius 1 is 1.15 bits per heavy atom. The van der Waals surface area contributed by atoms with Gasteiger partial charge >= 0.3 is 0 Å². The van der Waals surface area contributed by atoms with Crippen LogP contribution in [-0.4, -0.2) is 56.6 Å². The number of likely N-dealkylation sites (tertiary alicyclic amines) is 1. The van der Waals surface area contributed by atoms with E-state index in [0.717, 1.165) is 19.5 Å². The topological polar surface area (TPSA) is 18.5 Å². The highest BCUT2D eigenvalue weighted by Gasteiger charge is 2.12. The minimum Gasteiger partial charge on any atom is -0.319 e. The van der Waals surface area contributed by atoms with E-state index in [2.05, 4.69) is 46.4 Å². The monoisotopic (exact) mass is 275 g/mol. The average molecular weight is 275 g/mol. The van der Waals surface area contributed by atoms with Gasteiger partial charge in [-0.05, 0) is 64.1 Å². The van der Waals surface area contributed by atoms with E-state index in [1.807, 2.05) is 7.05 Å². The number of benzene rings is 1. The molecule has 20 heavy (non-hydrogen) atoms. The Balaban J connectivity index is 1.81. The van der Waals surface area contributed by atoms with Crippen molar-refractivity contribution in [3.63, 3.8) is 0 Å². The maximum absolute atomic E-state index is 3.24. The lowest BCUT2D eigenvalue weighted by atomic mass is 10.0. The number of hydrogen-bond acceptors (Lipinski definition) is 3. The Kier molecular flexibility index (Phi) is 6.51. The molecule has 0 radical (unpaired) electrons. The number of hydrogen-bond donors (Lipinski definition) is 1. The van der Waals surface area contributed by atoms with Gasteiger partial charge < -0.3 is 15.1 Å². The first-order valence-corrected chi connectivity index (χ1v) is 7.92. The molecule has 1 fully saturated rings. The first-order chi connectivity index (χ1) is 9.79. The maximum atomic E-state index is 3.24. The predicted molar refractivity (Wildman–Crippen MR) is 86.1 cm³/mol. The van der Waals surface area contributed by atoms with E-state index in [1.54, 1.807) is 0 Å². The van der Waals surface area contributed by atoms with Gasteiger partial charge in [0.15, 0.2) is 0 Å². The van der Waals surface area contributed by atoms with Crippen LogP contribution in [0.25, 0.3) is 0 Å². The number of nitrogens with zero attached hydrogens (tertiary/aromatic N) is 2. The van der Waals surface area contributed by atoms with E-state index in [0.29, 0.717) is 0 Å². The summed E-state index contributed by atoms with van der Waals surface area (Å²) in [6, 6.07) is 8.85. The summed E-state index contributed by atoms with van der Waals surface area (Å²) in [6.45, 7) is 7.09. The van der Waals surface area contributed by atoms with Gasteiger partial charge in [0.2, 0.25) is 0 Å². The van der Waals surface area contributed by atoms with Crippen LogP contribution in [0.15, 0.2) is 24.3 Å². The Morgan fingerprint density at radius 2 is 1.85 bits per heavy atom. The second-order valence-corrected chi connectivity index (χ2v) is 5.91. The molecule has 3 nitrogen and oxygen atoms in total. The highest BCUT2D eigenvalue weighted by atomic mass is 15.2. The Hall–Kier alpha value is -0.900. The summed E-state index contributed by atoms with van der Waals surface area (Å²) in [7, 11) is 4.26. The van der Waals surface area contributed by atoms with Crippen LogP contribution in [0, 0.1) is 0 Å². The van der Waals surface area contributed by atoms with Crippen molar-refractivity contribution in [2.45, 2.75) is 25.8 Å². The summed E-state index contributed by atoms with van der Waals surface area (Å²) in [5.41, 5.74) is 2.96. The molecule has 2 rings (SSSR count). The summed E-state index contributed by atoms with van der Waals surface area (Å²) < 4.78 is 0. The van der Waals surface area contributed by atoms with Crippen LogP contribution in [0.2, 0.25) is 0 Å². The predicted octanol–water partition coefficient (Wildman–Crippen LogP) is 1.98. The molecule has 0 spiro atoms. The van der Waals surface area contributed by atoms with Crippen molar-refractivity contribution in [1.82, 2.24) is 15.1 Å². The van der Waals surface area contributed by atoms with E-state index >= 15 is 0 Å². The Labute approximate surface area is 124 Å². The molecule has 1 N–H and O–H groups in total. The first-order valence-electron chi connectivity index (χ1n) is 7.92. The zero-order valence-corrected chi connectivity index (χ0v) is 13.1. The maximum Gasteiger partial charge on any atom is 0.0233 e. The third kappa shape index (κ3) is 4.89. The van der Waals surface area contributed by atoms with Gasteiger partial charge in [-0.25, -0.2) is 0 Å².